The molecule has 0 radical (unpaired) electrons. The minimum absolute atomic E-state index is 0.307. The van der Waals surface area contributed by atoms with Crippen molar-refractivity contribution in [2.75, 3.05) is 0 Å². The third kappa shape index (κ3) is 2.04. The molecule has 7 heteroatoms. The Morgan fingerprint density at radius 1 is 1.47 bits per heavy atom. The van der Waals surface area contributed by atoms with Crippen molar-refractivity contribution in [2.45, 2.75) is 6.92 Å². The number of halogens is 1. The van der Waals surface area contributed by atoms with E-state index < -0.39 is 5.97 Å². The fourth-order valence-corrected chi connectivity index (χ4v) is 3.05. The molecule has 3 heterocycles. The largest absolute Gasteiger partial charge is 0.477 e. The third-order valence-corrected chi connectivity index (χ3v) is 4.25. The van der Waals surface area contributed by atoms with Gasteiger partial charge >= 0.3 is 5.97 Å². The Morgan fingerprint density at radius 2 is 2.26 bits per heavy atom. The molecule has 0 amide bonds. The van der Waals surface area contributed by atoms with E-state index in [0.717, 1.165) is 20.4 Å². The van der Waals surface area contributed by atoms with Gasteiger partial charge in [0, 0.05) is 16.1 Å². The van der Waals surface area contributed by atoms with Gasteiger partial charge in [0.15, 0.2) is 5.82 Å². The molecule has 0 atom stereocenters. The highest BCUT2D eigenvalue weighted by Gasteiger charge is 2.16. The van der Waals surface area contributed by atoms with Crippen molar-refractivity contribution in [1.82, 2.24) is 14.8 Å². The molecule has 19 heavy (non-hydrogen) atoms. The van der Waals surface area contributed by atoms with Crippen LogP contribution in [0.25, 0.3) is 16.0 Å². The van der Waals surface area contributed by atoms with Crippen LogP contribution in [-0.2, 0) is 0 Å². The van der Waals surface area contributed by atoms with E-state index in [1.54, 1.807) is 16.9 Å². The van der Waals surface area contributed by atoms with Gasteiger partial charge in [-0.05, 0) is 41.1 Å². The van der Waals surface area contributed by atoms with Crippen LogP contribution in [0, 0.1) is 6.92 Å². The van der Waals surface area contributed by atoms with Gasteiger partial charge in [-0.25, -0.2) is 14.5 Å². The van der Waals surface area contributed by atoms with Gasteiger partial charge in [0.2, 0.25) is 0 Å². The van der Waals surface area contributed by atoms with Gasteiger partial charge in [0.25, 0.3) is 0 Å². The second-order valence-corrected chi connectivity index (χ2v) is 5.91. The van der Waals surface area contributed by atoms with Crippen molar-refractivity contribution in [3.8, 4) is 5.82 Å². The number of nitrogens with zero attached hydrogens (tertiary/aromatic N) is 3. The highest BCUT2D eigenvalue weighted by molar-refractivity contribution is 9.10. The Morgan fingerprint density at radius 3 is 2.89 bits per heavy atom. The highest BCUT2D eigenvalue weighted by Crippen LogP contribution is 2.30. The van der Waals surface area contributed by atoms with Gasteiger partial charge in [-0.15, -0.1) is 11.3 Å². The van der Waals surface area contributed by atoms with E-state index in [2.05, 4.69) is 26.0 Å². The molecule has 0 bridgehead atoms. The van der Waals surface area contributed by atoms with Crippen molar-refractivity contribution < 1.29 is 9.90 Å². The number of hydrogen-bond donors (Lipinski definition) is 1. The molecule has 0 unspecified atom stereocenters. The maximum Gasteiger partial charge on any atom is 0.345 e. The number of carboxylic acids is 1. The Kier molecular flexibility index (Phi) is 2.87. The molecular formula is C12H8BrN3O2S. The summed E-state index contributed by atoms with van der Waals surface area (Å²) in [6.45, 7) is 1.86. The summed E-state index contributed by atoms with van der Waals surface area (Å²) in [6, 6.07) is 5.35. The second kappa shape index (κ2) is 4.43. The maximum atomic E-state index is 11.0. The summed E-state index contributed by atoms with van der Waals surface area (Å²) in [4.78, 5) is 16.4. The van der Waals surface area contributed by atoms with Gasteiger partial charge in [0.05, 0.1) is 5.69 Å². The summed E-state index contributed by atoms with van der Waals surface area (Å²) in [5.41, 5.74) is 0.795. The molecule has 0 aliphatic carbocycles. The number of carbonyl (C=O) groups is 1. The molecule has 3 aromatic rings. The van der Waals surface area contributed by atoms with Crippen LogP contribution >= 0.6 is 27.3 Å². The Balaban J connectivity index is 2.23. The van der Waals surface area contributed by atoms with Crippen molar-refractivity contribution in [2.24, 2.45) is 0 Å². The van der Waals surface area contributed by atoms with Gasteiger partial charge in [0.1, 0.15) is 9.71 Å². The molecule has 0 aliphatic heterocycles. The average Bonchev–Trinajstić information content (AvgIpc) is 2.92. The van der Waals surface area contributed by atoms with Crippen LogP contribution in [0.3, 0.4) is 0 Å². The SMILES string of the molecule is Cc1nn(-c2ccc(Br)cn2)c2sc(C(=O)O)cc12. The van der Waals surface area contributed by atoms with E-state index in [9.17, 15) is 4.79 Å². The van der Waals surface area contributed by atoms with Crippen LogP contribution in [0.1, 0.15) is 15.4 Å². The van der Waals surface area contributed by atoms with E-state index in [4.69, 9.17) is 5.11 Å². The van der Waals surface area contributed by atoms with Crippen LogP contribution < -0.4 is 0 Å². The van der Waals surface area contributed by atoms with Gasteiger partial charge in [-0.2, -0.15) is 5.10 Å². The second-order valence-electron chi connectivity index (χ2n) is 3.97. The molecule has 0 spiro atoms. The summed E-state index contributed by atoms with van der Waals surface area (Å²) in [5.74, 6) is -0.254. The monoisotopic (exact) mass is 337 g/mol. The predicted molar refractivity (Wildman–Crippen MR) is 76.1 cm³/mol. The first kappa shape index (κ1) is 12.3. The Hall–Kier alpha value is -1.73. The molecule has 0 saturated heterocycles. The fourth-order valence-electron chi connectivity index (χ4n) is 1.80. The quantitative estimate of drug-likeness (QED) is 0.779. The van der Waals surface area contributed by atoms with E-state index in [-0.39, 0.29) is 0 Å². The molecule has 0 fully saturated rings. The van der Waals surface area contributed by atoms with Crippen LogP contribution in [0.5, 0.6) is 0 Å². The van der Waals surface area contributed by atoms with E-state index >= 15 is 0 Å². The molecule has 0 saturated carbocycles. The molecular weight excluding hydrogens is 330 g/mol. The van der Waals surface area contributed by atoms with Crippen LogP contribution in [0.15, 0.2) is 28.9 Å². The number of pyridine rings is 1. The molecule has 3 rings (SSSR count). The van der Waals surface area contributed by atoms with Gasteiger partial charge in [-0.1, -0.05) is 0 Å². The van der Waals surface area contributed by atoms with Crippen molar-refractivity contribution in [3.63, 3.8) is 0 Å². The van der Waals surface area contributed by atoms with Crippen LogP contribution in [0.4, 0.5) is 0 Å². The predicted octanol–water partition coefficient (Wildman–Crippen LogP) is 3.25. The Bertz CT molecular complexity index is 776. The lowest BCUT2D eigenvalue weighted by Gasteiger charge is -2.00. The maximum absolute atomic E-state index is 11.0. The number of aromatic nitrogens is 3. The minimum Gasteiger partial charge on any atom is -0.477 e. The topological polar surface area (TPSA) is 68.0 Å². The molecule has 0 aromatic carbocycles. The first-order valence-electron chi connectivity index (χ1n) is 5.40. The van der Waals surface area contributed by atoms with Gasteiger partial charge in [-0.3, -0.25) is 0 Å². The number of hydrogen-bond acceptors (Lipinski definition) is 4. The molecule has 0 aliphatic rings. The van der Waals surface area contributed by atoms with Crippen molar-refractivity contribution >= 4 is 43.5 Å². The number of thiophene rings is 1. The normalized spacial score (nSPS) is 11.1. The van der Waals surface area contributed by atoms with Crippen molar-refractivity contribution in [3.05, 3.63) is 39.4 Å². The smallest absolute Gasteiger partial charge is 0.345 e. The number of rotatable bonds is 2. The average molecular weight is 338 g/mol. The summed E-state index contributed by atoms with van der Waals surface area (Å²) >= 11 is 4.53. The lowest BCUT2D eigenvalue weighted by Crippen LogP contribution is -1.98. The van der Waals surface area contributed by atoms with E-state index in [0.29, 0.717) is 10.7 Å². The molecule has 5 nitrogen and oxygen atoms in total. The van der Waals surface area contributed by atoms with E-state index in [1.165, 1.54) is 11.3 Å². The summed E-state index contributed by atoms with van der Waals surface area (Å²) in [5, 5.41) is 14.3. The van der Waals surface area contributed by atoms with E-state index in [1.807, 2.05) is 19.1 Å². The first-order chi connectivity index (χ1) is 9.06. The standard InChI is InChI=1S/C12H8BrN3O2S/c1-6-8-4-9(12(17)18)19-11(8)16(15-6)10-3-2-7(13)5-14-10/h2-5H,1H3,(H,17,18). The summed E-state index contributed by atoms with van der Waals surface area (Å²) < 4.78 is 2.56. The molecule has 96 valence electrons. The number of fused-ring (bicyclic) bond motifs is 1. The summed E-state index contributed by atoms with van der Waals surface area (Å²) in [7, 11) is 0. The zero-order valence-corrected chi connectivity index (χ0v) is 12.2. The number of aromatic carboxylic acids is 1. The zero-order valence-electron chi connectivity index (χ0n) is 9.79. The van der Waals surface area contributed by atoms with Gasteiger partial charge < -0.3 is 5.11 Å². The van der Waals surface area contributed by atoms with Crippen LogP contribution in [-0.4, -0.2) is 25.8 Å². The number of aryl methyl sites for hydroxylation is 1. The molecule has 1 N–H and O–H groups in total. The fraction of sp³-hybridized carbons (Fsp3) is 0.0833. The lowest BCUT2D eigenvalue weighted by molar-refractivity contribution is 0.0702. The summed E-state index contributed by atoms with van der Waals surface area (Å²) in [6.07, 6.45) is 1.68. The van der Waals surface area contributed by atoms with Crippen LogP contribution in [0.2, 0.25) is 0 Å². The Labute approximate surface area is 120 Å². The highest BCUT2D eigenvalue weighted by atomic mass is 79.9. The first-order valence-corrected chi connectivity index (χ1v) is 7.01. The lowest BCUT2D eigenvalue weighted by atomic mass is 10.3. The zero-order chi connectivity index (χ0) is 13.6. The minimum atomic E-state index is -0.920. The number of carboxylic acid groups (broad SMARTS) is 1. The van der Waals surface area contributed by atoms with Crippen molar-refractivity contribution in [1.29, 1.82) is 0 Å². The molecule has 3 aromatic heterocycles. The third-order valence-electron chi connectivity index (χ3n) is 2.68.